The van der Waals surface area contributed by atoms with Gasteiger partial charge in [-0.1, -0.05) is 19.1 Å². The number of piperidine rings is 1. The molecule has 0 N–H and O–H groups in total. The van der Waals surface area contributed by atoms with Crippen molar-refractivity contribution in [1.29, 1.82) is 0 Å². The van der Waals surface area contributed by atoms with Gasteiger partial charge in [0.25, 0.3) is 0 Å². The Labute approximate surface area is 162 Å². The largest absolute Gasteiger partial charge is 0.462 e. The predicted octanol–water partition coefficient (Wildman–Crippen LogP) is 3.14. The van der Waals surface area contributed by atoms with Crippen LogP contribution in [0.25, 0.3) is 0 Å². The number of fused-ring (bicyclic) bond motifs is 2. The Morgan fingerprint density at radius 3 is 2.67 bits per heavy atom. The molecule has 5 aliphatic rings. The number of nitrogens with zero attached hydrogens (tertiary/aromatic N) is 1. The molecule has 1 spiro atoms. The van der Waals surface area contributed by atoms with Crippen molar-refractivity contribution in [3.63, 3.8) is 0 Å². The Kier molecular flexibility index (Phi) is 4.41. The first-order valence-electron chi connectivity index (χ1n) is 10.9. The molecule has 150 valence electrons. The van der Waals surface area contributed by atoms with Gasteiger partial charge in [-0.05, 0) is 43.4 Å². The van der Waals surface area contributed by atoms with Crippen LogP contribution in [-0.2, 0) is 19.0 Å². The Morgan fingerprint density at radius 1 is 1.19 bits per heavy atom. The molecule has 3 aliphatic heterocycles. The van der Waals surface area contributed by atoms with Gasteiger partial charge in [0.1, 0.15) is 6.10 Å². The van der Waals surface area contributed by atoms with E-state index in [1.54, 1.807) is 0 Å². The Balaban J connectivity index is 1.26. The summed E-state index contributed by atoms with van der Waals surface area (Å²) >= 11 is 0. The number of hydrogen-bond acceptors (Lipinski definition) is 5. The minimum Gasteiger partial charge on any atom is -0.462 e. The molecule has 0 amide bonds. The SMILES string of the molecule is C=C1CCCC2(C)CC3OC(=O)C(CN4CCC5(CC4)OCCO5)C3CC12. The topological polar surface area (TPSA) is 48.0 Å². The van der Waals surface area contributed by atoms with Gasteiger partial charge in [-0.3, -0.25) is 4.79 Å². The molecule has 5 atom stereocenters. The third-order valence-corrected chi connectivity index (χ3v) is 8.21. The van der Waals surface area contributed by atoms with Crippen LogP contribution in [0.5, 0.6) is 0 Å². The summed E-state index contributed by atoms with van der Waals surface area (Å²) < 4.78 is 17.6. The van der Waals surface area contributed by atoms with Gasteiger partial charge < -0.3 is 19.1 Å². The second-order valence-corrected chi connectivity index (χ2v) is 9.81. The van der Waals surface area contributed by atoms with Gasteiger partial charge in [0.15, 0.2) is 5.79 Å². The molecule has 5 rings (SSSR count). The summed E-state index contributed by atoms with van der Waals surface area (Å²) in [4.78, 5) is 15.2. The number of likely N-dealkylation sites (tertiary alicyclic amines) is 1. The quantitative estimate of drug-likeness (QED) is 0.548. The van der Waals surface area contributed by atoms with E-state index in [1.165, 1.54) is 18.4 Å². The standard InChI is InChI=1S/C22H33NO4/c1-15-4-3-5-21(2)13-19-16(12-18(15)21)17(20(24)27-19)14-23-8-6-22(7-9-23)25-10-11-26-22/h16-19H,1,3-14H2,2H3. The fourth-order valence-electron chi connectivity index (χ4n) is 6.60. The Hall–Kier alpha value is -0.910. The van der Waals surface area contributed by atoms with E-state index in [-0.39, 0.29) is 29.2 Å². The number of rotatable bonds is 2. The zero-order valence-electron chi connectivity index (χ0n) is 16.6. The van der Waals surface area contributed by atoms with Crippen molar-refractivity contribution < 1.29 is 19.0 Å². The third kappa shape index (κ3) is 3.06. The number of hydrogen-bond donors (Lipinski definition) is 0. The number of carbonyl (C=O) groups excluding carboxylic acids is 1. The molecule has 3 heterocycles. The van der Waals surface area contributed by atoms with E-state index in [2.05, 4.69) is 18.4 Å². The van der Waals surface area contributed by atoms with E-state index in [0.29, 0.717) is 25.0 Å². The first-order valence-corrected chi connectivity index (χ1v) is 10.9. The summed E-state index contributed by atoms with van der Waals surface area (Å²) in [7, 11) is 0. The van der Waals surface area contributed by atoms with Crippen LogP contribution >= 0.6 is 0 Å². The number of esters is 1. The summed E-state index contributed by atoms with van der Waals surface area (Å²) in [5.74, 6) is 0.636. The maximum Gasteiger partial charge on any atom is 0.310 e. The molecule has 5 nitrogen and oxygen atoms in total. The van der Waals surface area contributed by atoms with E-state index in [4.69, 9.17) is 14.2 Å². The molecule has 5 unspecified atom stereocenters. The lowest BCUT2D eigenvalue weighted by Crippen LogP contribution is -2.49. The lowest BCUT2D eigenvalue weighted by molar-refractivity contribution is -0.186. The van der Waals surface area contributed by atoms with Gasteiger partial charge in [-0.15, -0.1) is 0 Å². The number of allylic oxidation sites excluding steroid dienone is 1. The third-order valence-electron chi connectivity index (χ3n) is 8.21. The first-order chi connectivity index (χ1) is 13.0. The second kappa shape index (κ2) is 6.57. The van der Waals surface area contributed by atoms with Crippen LogP contribution in [0.3, 0.4) is 0 Å². The maximum atomic E-state index is 12.7. The highest BCUT2D eigenvalue weighted by atomic mass is 16.7. The highest BCUT2D eigenvalue weighted by Crippen LogP contribution is 2.57. The van der Waals surface area contributed by atoms with E-state index in [9.17, 15) is 4.79 Å². The monoisotopic (exact) mass is 375 g/mol. The molecular formula is C22H33NO4. The van der Waals surface area contributed by atoms with E-state index in [1.807, 2.05) is 0 Å². The van der Waals surface area contributed by atoms with Crippen molar-refractivity contribution in [3.05, 3.63) is 12.2 Å². The van der Waals surface area contributed by atoms with Crippen molar-refractivity contribution >= 4 is 5.97 Å². The summed E-state index contributed by atoms with van der Waals surface area (Å²) in [5.41, 5.74) is 1.69. The molecule has 5 fully saturated rings. The van der Waals surface area contributed by atoms with Gasteiger partial charge >= 0.3 is 5.97 Å². The summed E-state index contributed by atoms with van der Waals surface area (Å²) in [6, 6.07) is 0. The summed E-state index contributed by atoms with van der Waals surface area (Å²) in [6.45, 7) is 10.9. The normalized spacial score (nSPS) is 44.2. The molecule has 0 bridgehead atoms. The molecule has 2 saturated carbocycles. The molecule has 2 aliphatic carbocycles. The van der Waals surface area contributed by atoms with Crippen molar-refractivity contribution in [3.8, 4) is 0 Å². The minimum absolute atomic E-state index is 0.0220. The molecule has 5 heteroatoms. The predicted molar refractivity (Wildman–Crippen MR) is 101 cm³/mol. The van der Waals surface area contributed by atoms with Crippen molar-refractivity contribution in [2.45, 2.75) is 63.8 Å². The smallest absolute Gasteiger partial charge is 0.310 e. The van der Waals surface area contributed by atoms with Gasteiger partial charge in [0.2, 0.25) is 0 Å². The summed E-state index contributed by atoms with van der Waals surface area (Å²) in [6.07, 6.45) is 7.67. The van der Waals surface area contributed by atoms with Crippen LogP contribution in [-0.4, -0.2) is 55.6 Å². The second-order valence-electron chi connectivity index (χ2n) is 9.81. The average Bonchev–Trinajstić information content (AvgIpc) is 3.20. The van der Waals surface area contributed by atoms with Crippen molar-refractivity contribution in [1.82, 2.24) is 4.90 Å². The Bertz CT molecular complexity index is 618. The van der Waals surface area contributed by atoms with E-state index < -0.39 is 0 Å². The maximum absolute atomic E-state index is 12.7. The van der Waals surface area contributed by atoms with Crippen LogP contribution in [0.1, 0.15) is 51.9 Å². The number of carbonyl (C=O) groups is 1. The highest BCUT2D eigenvalue weighted by Gasteiger charge is 2.55. The number of ether oxygens (including phenoxy) is 3. The van der Waals surface area contributed by atoms with Crippen LogP contribution < -0.4 is 0 Å². The molecular weight excluding hydrogens is 342 g/mol. The van der Waals surface area contributed by atoms with E-state index in [0.717, 1.165) is 51.7 Å². The first kappa shape index (κ1) is 18.1. The lowest BCUT2D eigenvalue weighted by atomic mass is 9.55. The molecule has 27 heavy (non-hydrogen) atoms. The highest BCUT2D eigenvalue weighted by molar-refractivity contribution is 5.75. The zero-order chi connectivity index (χ0) is 18.6. The van der Waals surface area contributed by atoms with Gasteiger partial charge in [-0.25, -0.2) is 0 Å². The van der Waals surface area contributed by atoms with Crippen LogP contribution in [0.4, 0.5) is 0 Å². The molecule has 0 aromatic heterocycles. The van der Waals surface area contributed by atoms with Gasteiger partial charge in [0.05, 0.1) is 19.1 Å². The zero-order valence-corrected chi connectivity index (χ0v) is 16.6. The molecule has 0 radical (unpaired) electrons. The van der Waals surface area contributed by atoms with E-state index >= 15 is 0 Å². The molecule has 0 aromatic rings. The van der Waals surface area contributed by atoms with Crippen molar-refractivity contribution in [2.75, 3.05) is 32.8 Å². The minimum atomic E-state index is -0.346. The van der Waals surface area contributed by atoms with Crippen LogP contribution in [0, 0.1) is 23.2 Å². The van der Waals surface area contributed by atoms with Crippen LogP contribution in [0.2, 0.25) is 0 Å². The van der Waals surface area contributed by atoms with Crippen molar-refractivity contribution in [2.24, 2.45) is 23.2 Å². The van der Waals surface area contributed by atoms with Gasteiger partial charge in [0, 0.05) is 38.4 Å². The lowest BCUT2D eigenvalue weighted by Gasteiger charge is -2.50. The average molecular weight is 376 g/mol. The van der Waals surface area contributed by atoms with Gasteiger partial charge in [-0.2, -0.15) is 0 Å². The Morgan fingerprint density at radius 2 is 1.93 bits per heavy atom. The summed E-state index contributed by atoms with van der Waals surface area (Å²) in [5, 5.41) is 0. The fraction of sp³-hybridized carbons (Fsp3) is 0.864. The van der Waals surface area contributed by atoms with Crippen LogP contribution in [0.15, 0.2) is 12.2 Å². The molecule has 3 saturated heterocycles. The fourth-order valence-corrected chi connectivity index (χ4v) is 6.60. The molecule has 0 aromatic carbocycles.